The Labute approximate surface area is 93.4 Å². The molecule has 0 aliphatic carbocycles. The lowest BCUT2D eigenvalue weighted by Gasteiger charge is -2.37. The quantitative estimate of drug-likeness (QED) is 0.700. The molecule has 0 aromatic heterocycles. The molecule has 1 aliphatic heterocycles. The topological polar surface area (TPSA) is 23.6 Å². The fraction of sp³-hybridized carbons (Fsp3) is 0.917. The van der Waals surface area contributed by atoms with Crippen LogP contribution < -0.4 is 0 Å². The first-order valence-corrected chi connectivity index (χ1v) is 5.85. The van der Waals surface area contributed by atoms with Gasteiger partial charge in [0.25, 0.3) is 0 Å². The third-order valence-electron chi connectivity index (χ3n) is 3.36. The Morgan fingerprint density at radius 3 is 2.67 bits per heavy atom. The van der Waals surface area contributed by atoms with E-state index in [1.54, 1.807) is 6.92 Å². The number of ketones is 1. The Bertz CT molecular complexity index is 216. The molecule has 1 rings (SSSR count). The molecule has 0 aromatic rings. The first-order chi connectivity index (χ1) is 7.00. The van der Waals surface area contributed by atoms with Crippen molar-refractivity contribution in [2.24, 2.45) is 5.92 Å². The van der Waals surface area contributed by atoms with Crippen LogP contribution in [-0.4, -0.2) is 55.9 Å². The molecule has 0 radical (unpaired) electrons. The molecule has 0 aromatic carbocycles. The van der Waals surface area contributed by atoms with Crippen LogP contribution >= 0.6 is 0 Å². The summed E-state index contributed by atoms with van der Waals surface area (Å²) in [5, 5.41) is 0. The average molecular weight is 212 g/mol. The molecule has 2 unspecified atom stereocenters. The highest BCUT2D eigenvalue weighted by Gasteiger charge is 2.27. The maximum absolute atomic E-state index is 11.2. The fourth-order valence-corrected chi connectivity index (χ4v) is 2.59. The van der Waals surface area contributed by atoms with Crippen LogP contribution in [-0.2, 0) is 4.79 Å². The summed E-state index contributed by atoms with van der Waals surface area (Å²) in [6, 6.07) is 0.422. The molecular formula is C12H24N2O. The number of likely N-dealkylation sites (tertiary alicyclic amines) is 1. The van der Waals surface area contributed by atoms with Gasteiger partial charge in [-0.05, 0) is 53.4 Å². The third-order valence-corrected chi connectivity index (χ3v) is 3.36. The molecule has 3 nitrogen and oxygen atoms in total. The Hall–Kier alpha value is -0.410. The second-order valence-electron chi connectivity index (χ2n) is 5.10. The largest absolute Gasteiger partial charge is 0.306 e. The van der Waals surface area contributed by atoms with E-state index in [9.17, 15) is 4.79 Å². The number of carbonyl (C=O) groups is 1. The molecule has 0 amide bonds. The molecule has 1 fully saturated rings. The van der Waals surface area contributed by atoms with E-state index in [0.717, 1.165) is 6.54 Å². The van der Waals surface area contributed by atoms with Crippen molar-refractivity contribution in [2.45, 2.75) is 32.2 Å². The SMILES string of the molecule is CC(=O)CC(C1CCCN(C)C1)N(C)C. The number of carbonyl (C=O) groups excluding carboxylic acids is 1. The number of hydrogen-bond acceptors (Lipinski definition) is 3. The van der Waals surface area contributed by atoms with E-state index in [1.165, 1.54) is 19.4 Å². The monoisotopic (exact) mass is 212 g/mol. The Kier molecular flexibility index (Phi) is 4.74. The van der Waals surface area contributed by atoms with E-state index in [0.29, 0.717) is 24.2 Å². The minimum Gasteiger partial charge on any atom is -0.306 e. The van der Waals surface area contributed by atoms with Crippen molar-refractivity contribution in [3.8, 4) is 0 Å². The second-order valence-corrected chi connectivity index (χ2v) is 5.10. The lowest BCUT2D eigenvalue weighted by Crippen LogP contribution is -2.44. The van der Waals surface area contributed by atoms with Gasteiger partial charge in [0.1, 0.15) is 5.78 Å². The van der Waals surface area contributed by atoms with Crippen LogP contribution in [0.5, 0.6) is 0 Å². The molecule has 2 atom stereocenters. The fourth-order valence-electron chi connectivity index (χ4n) is 2.59. The predicted octanol–water partition coefficient (Wildman–Crippen LogP) is 1.24. The molecule has 0 spiro atoms. The van der Waals surface area contributed by atoms with Gasteiger partial charge < -0.3 is 9.80 Å². The Morgan fingerprint density at radius 2 is 2.20 bits per heavy atom. The van der Waals surface area contributed by atoms with E-state index < -0.39 is 0 Å². The zero-order valence-electron chi connectivity index (χ0n) is 10.5. The van der Waals surface area contributed by atoms with Gasteiger partial charge in [-0.2, -0.15) is 0 Å². The highest BCUT2D eigenvalue weighted by molar-refractivity contribution is 5.76. The zero-order chi connectivity index (χ0) is 11.4. The molecule has 0 N–H and O–H groups in total. The van der Waals surface area contributed by atoms with Gasteiger partial charge in [-0.25, -0.2) is 0 Å². The standard InChI is InChI=1S/C12H24N2O/c1-10(15)8-12(13(2)3)11-6-5-7-14(4)9-11/h11-12H,5-9H2,1-4H3. The van der Waals surface area contributed by atoms with Crippen LogP contribution in [0.25, 0.3) is 0 Å². The summed E-state index contributed by atoms with van der Waals surface area (Å²) in [5.74, 6) is 0.963. The average Bonchev–Trinajstić information content (AvgIpc) is 2.13. The first kappa shape index (κ1) is 12.7. The van der Waals surface area contributed by atoms with Crippen molar-refractivity contribution in [2.75, 3.05) is 34.2 Å². The van der Waals surface area contributed by atoms with Gasteiger partial charge in [-0.3, -0.25) is 4.79 Å². The number of hydrogen-bond donors (Lipinski definition) is 0. The highest BCUT2D eigenvalue weighted by atomic mass is 16.1. The van der Waals surface area contributed by atoms with Crippen LogP contribution in [0, 0.1) is 5.92 Å². The lowest BCUT2D eigenvalue weighted by atomic mass is 9.87. The molecule has 1 saturated heterocycles. The van der Waals surface area contributed by atoms with Crippen molar-refractivity contribution < 1.29 is 4.79 Å². The minimum atomic E-state index is 0.307. The van der Waals surface area contributed by atoms with E-state index in [1.807, 2.05) is 0 Å². The molecule has 3 heteroatoms. The maximum atomic E-state index is 11.2. The van der Waals surface area contributed by atoms with E-state index in [4.69, 9.17) is 0 Å². The first-order valence-electron chi connectivity index (χ1n) is 5.85. The number of nitrogens with zero attached hydrogens (tertiary/aromatic N) is 2. The van der Waals surface area contributed by atoms with Crippen LogP contribution in [0.2, 0.25) is 0 Å². The predicted molar refractivity (Wildman–Crippen MR) is 63.0 cm³/mol. The van der Waals surface area contributed by atoms with Gasteiger partial charge in [0.15, 0.2) is 0 Å². The number of piperidine rings is 1. The third kappa shape index (κ3) is 3.92. The summed E-state index contributed by atoms with van der Waals surface area (Å²) in [7, 11) is 6.34. The van der Waals surface area contributed by atoms with Crippen LogP contribution in [0.1, 0.15) is 26.2 Å². The summed E-state index contributed by atoms with van der Waals surface area (Å²) < 4.78 is 0. The van der Waals surface area contributed by atoms with E-state index in [2.05, 4.69) is 30.9 Å². The zero-order valence-corrected chi connectivity index (χ0v) is 10.5. The molecule has 88 valence electrons. The van der Waals surface area contributed by atoms with Crippen LogP contribution in [0.3, 0.4) is 0 Å². The molecule has 1 aliphatic rings. The Morgan fingerprint density at radius 1 is 1.53 bits per heavy atom. The highest BCUT2D eigenvalue weighted by Crippen LogP contribution is 2.23. The minimum absolute atomic E-state index is 0.307. The number of Topliss-reactive ketones (excluding diaryl/α,β-unsaturated/α-hetero) is 1. The Balaban J connectivity index is 2.57. The van der Waals surface area contributed by atoms with E-state index in [-0.39, 0.29) is 0 Å². The van der Waals surface area contributed by atoms with Crippen LogP contribution in [0.15, 0.2) is 0 Å². The summed E-state index contributed by atoms with van der Waals surface area (Å²) in [6.45, 7) is 4.04. The summed E-state index contributed by atoms with van der Waals surface area (Å²) >= 11 is 0. The lowest BCUT2D eigenvalue weighted by molar-refractivity contribution is -0.118. The normalized spacial score (nSPS) is 25.5. The van der Waals surface area contributed by atoms with Gasteiger partial charge in [-0.15, -0.1) is 0 Å². The van der Waals surface area contributed by atoms with Crippen molar-refractivity contribution in [1.29, 1.82) is 0 Å². The summed E-state index contributed by atoms with van der Waals surface area (Å²) in [4.78, 5) is 15.8. The molecule has 0 saturated carbocycles. The van der Waals surface area contributed by atoms with Crippen molar-refractivity contribution in [3.05, 3.63) is 0 Å². The van der Waals surface area contributed by atoms with Gasteiger partial charge >= 0.3 is 0 Å². The van der Waals surface area contributed by atoms with Gasteiger partial charge in [0, 0.05) is 19.0 Å². The van der Waals surface area contributed by atoms with Crippen molar-refractivity contribution in [1.82, 2.24) is 9.80 Å². The maximum Gasteiger partial charge on any atom is 0.131 e. The second kappa shape index (κ2) is 5.61. The van der Waals surface area contributed by atoms with Crippen molar-refractivity contribution >= 4 is 5.78 Å². The van der Waals surface area contributed by atoms with Gasteiger partial charge in [-0.1, -0.05) is 0 Å². The molecule has 15 heavy (non-hydrogen) atoms. The summed E-state index contributed by atoms with van der Waals surface area (Å²) in [5.41, 5.74) is 0. The molecular weight excluding hydrogens is 188 g/mol. The summed E-state index contributed by atoms with van der Waals surface area (Å²) in [6.07, 6.45) is 3.23. The van der Waals surface area contributed by atoms with E-state index >= 15 is 0 Å². The smallest absolute Gasteiger partial charge is 0.131 e. The molecule has 1 heterocycles. The molecule has 0 bridgehead atoms. The van der Waals surface area contributed by atoms with Crippen LogP contribution in [0.4, 0.5) is 0 Å². The van der Waals surface area contributed by atoms with Crippen molar-refractivity contribution in [3.63, 3.8) is 0 Å². The van der Waals surface area contributed by atoms with Gasteiger partial charge in [0.2, 0.25) is 0 Å². The number of rotatable bonds is 4. The van der Waals surface area contributed by atoms with Gasteiger partial charge in [0.05, 0.1) is 0 Å².